The Hall–Kier alpha value is -2.14. The summed E-state index contributed by atoms with van der Waals surface area (Å²) in [5.74, 6) is 0. The number of aromatic amines is 1. The first kappa shape index (κ1) is 10.0. The Morgan fingerprint density at radius 1 is 1.29 bits per heavy atom. The molecule has 5 heteroatoms. The minimum Gasteiger partial charge on any atom is -0.307 e. The van der Waals surface area contributed by atoms with E-state index in [1.807, 2.05) is 47.4 Å². The van der Waals surface area contributed by atoms with Crippen molar-refractivity contribution in [3.8, 4) is 0 Å². The molecule has 0 aliphatic rings. The molecule has 0 amide bonds. The lowest BCUT2D eigenvalue weighted by Crippen LogP contribution is -2.12. The van der Waals surface area contributed by atoms with Gasteiger partial charge in [-0.1, -0.05) is 6.07 Å². The fourth-order valence-electron chi connectivity index (χ4n) is 1.78. The SMILES string of the molecule is c1ccn2cc(CNCc3cn[nH]c3)nc2c1. The van der Waals surface area contributed by atoms with Crippen LogP contribution in [-0.2, 0) is 13.1 Å². The average Bonchev–Trinajstić information content (AvgIpc) is 2.96. The molecule has 0 aliphatic carbocycles. The Morgan fingerprint density at radius 3 is 3.12 bits per heavy atom. The molecular formula is C12H13N5. The molecule has 0 saturated heterocycles. The molecule has 0 aromatic carbocycles. The predicted molar refractivity (Wildman–Crippen MR) is 64.3 cm³/mol. The molecule has 5 nitrogen and oxygen atoms in total. The molecule has 2 N–H and O–H groups in total. The number of pyridine rings is 1. The van der Waals surface area contributed by atoms with Crippen LogP contribution in [0.2, 0.25) is 0 Å². The van der Waals surface area contributed by atoms with Gasteiger partial charge in [-0.25, -0.2) is 4.98 Å². The highest BCUT2D eigenvalue weighted by molar-refractivity contribution is 5.39. The van der Waals surface area contributed by atoms with E-state index in [9.17, 15) is 0 Å². The van der Waals surface area contributed by atoms with Gasteiger partial charge in [-0.2, -0.15) is 5.10 Å². The second-order valence-corrected chi connectivity index (χ2v) is 3.91. The van der Waals surface area contributed by atoms with Crippen molar-refractivity contribution in [1.29, 1.82) is 0 Å². The van der Waals surface area contributed by atoms with Crippen LogP contribution in [0.1, 0.15) is 11.3 Å². The van der Waals surface area contributed by atoms with Gasteiger partial charge >= 0.3 is 0 Å². The van der Waals surface area contributed by atoms with Crippen LogP contribution in [-0.4, -0.2) is 19.6 Å². The molecule has 86 valence electrons. The lowest BCUT2D eigenvalue weighted by molar-refractivity contribution is 0.683. The summed E-state index contributed by atoms with van der Waals surface area (Å²) in [6.45, 7) is 1.55. The van der Waals surface area contributed by atoms with Crippen LogP contribution in [0.4, 0.5) is 0 Å². The largest absolute Gasteiger partial charge is 0.307 e. The zero-order valence-electron chi connectivity index (χ0n) is 9.30. The first-order valence-corrected chi connectivity index (χ1v) is 5.53. The van der Waals surface area contributed by atoms with Crippen molar-refractivity contribution in [3.05, 3.63) is 54.2 Å². The van der Waals surface area contributed by atoms with Crippen molar-refractivity contribution in [2.75, 3.05) is 0 Å². The Bertz CT molecular complexity index is 563. The van der Waals surface area contributed by atoms with Gasteiger partial charge in [0, 0.05) is 37.2 Å². The van der Waals surface area contributed by atoms with Crippen LogP contribution in [0, 0.1) is 0 Å². The van der Waals surface area contributed by atoms with E-state index >= 15 is 0 Å². The summed E-state index contributed by atoms with van der Waals surface area (Å²) in [6, 6.07) is 5.99. The number of rotatable bonds is 4. The molecule has 3 heterocycles. The number of nitrogens with zero attached hydrogens (tertiary/aromatic N) is 3. The zero-order valence-corrected chi connectivity index (χ0v) is 9.30. The summed E-state index contributed by atoms with van der Waals surface area (Å²) >= 11 is 0. The maximum Gasteiger partial charge on any atom is 0.137 e. The molecule has 0 bridgehead atoms. The molecule has 0 radical (unpaired) electrons. The van der Waals surface area contributed by atoms with E-state index in [4.69, 9.17) is 0 Å². The summed E-state index contributed by atoms with van der Waals surface area (Å²) in [7, 11) is 0. The zero-order chi connectivity index (χ0) is 11.5. The van der Waals surface area contributed by atoms with E-state index in [1.54, 1.807) is 0 Å². The lowest BCUT2D eigenvalue weighted by atomic mass is 10.3. The molecule has 0 unspecified atom stereocenters. The average molecular weight is 227 g/mol. The molecule has 3 aromatic heterocycles. The van der Waals surface area contributed by atoms with Gasteiger partial charge < -0.3 is 9.72 Å². The van der Waals surface area contributed by atoms with Crippen molar-refractivity contribution < 1.29 is 0 Å². The van der Waals surface area contributed by atoms with Crippen LogP contribution >= 0.6 is 0 Å². The highest BCUT2D eigenvalue weighted by Gasteiger charge is 2.00. The van der Waals surface area contributed by atoms with E-state index < -0.39 is 0 Å². The molecule has 0 saturated carbocycles. The van der Waals surface area contributed by atoms with Gasteiger partial charge in [0.1, 0.15) is 5.65 Å². The number of H-pyrrole nitrogens is 1. The highest BCUT2D eigenvalue weighted by atomic mass is 15.1. The van der Waals surface area contributed by atoms with Crippen molar-refractivity contribution >= 4 is 5.65 Å². The first-order valence-electron chi connectivity index (χ1n) is 5.53. The normalized spacial score (nSPS) is 11.1. The maximum absolute atomic E-state index is 4.51. The first-order chi connectivity index (χ1) is 8.42. The minimum atomic E-state index is 0.757. The van der Waals surface area contributed by atoms with Crippen LogP contribution in [0.3, 0.4) is 0 Å². The number of imidazole rings is 1. The Labute approximate surface area is 98.5 Å². The smallest absolute Gasteiger partial charge is 0.137 e. The van der Waals surface area contributed by atoms with Gasteiger partial charge in [0.2, 0.25) is 0 Å². The quantitative estimate of drug-likeness (QED) is 0.707. The number of hydrogen-bond donors (Lipinski definition) is 2. The molecule has 0 atom stereocenters. The third-order valence-electron chi connectivity index (χ3n) is 2.60. The van der Waals surface area contributed by atoms with E-state index in [2.05, 4.69) is 20.5 Å². The standard InChI is InChI=1S/C12H13N5/c1-2-4-17-9-11(16-12(17)3-1)8-13-5-10-6-14-15-7-10/h1-4,6-7,9,13H,5,8H2,(H,14,15). The number of fused-ring (bicyclic) bond motifs is 1. The summed E-state index contributed by atoms with van der Waals surface area (Å²) in [6.07, 6.45) is 7.74. The van der Waals surface area contributed by atoms with Gasteiger partial charge in [-0.05, 0) is 12.1 Å². The fourth-order valence-corrected chi connectivity index (χ4v) is 1.78. The molecular weight excluding hydrogens is 214 g/mol. The van der Waals surface area contributed by atoms with Crippen LogP contribution in [0.25, 0.3) is 5.65 Å². The van der Waals surface area contributed by atoms with Gasteiger partial charge in [0.15, 0.2) is 0 Å². The molecule has 17 heavy (non-hydrogen) atoms. The lowest BCUT2D eigenvalue weighted by Gasteiger charge is -1.98. The molecule has 0 aliphatic heterocycles. The molecule has 0 spiro atoms. The van der Waals surface area contributed by atoms with Crippen LogP contribution < -0.4 is 5.32 Å². The third-order valence-corrected chi connectivity index (χ3v) is 2.60. The minimum absolute atomic E-state index is 0.757. The Kier molecular flexibility index (Phi) is 2.59. The highest BCUT2D eigenvalue weighted by Crippen LogP contribution is 2.04. The van der Waals surface area contributed by atoms with Crippen molar-refractivity contribution in [2.45, 2.75) is 13.1 Å². The second-order valence-electron chi connectivity index (χ2n) is 3.91. The third kappa shape index (κ3) is 2.19. The molecule has 0 fully saturated rings. The summed E-state index contributed by atoms with van der Waals surface area (Å²) in [5, 5.41) is 10.0. The number of aromatic nitrogens is 4. The van der Waals surface area contributed by atoms with Crippen molar-refractivity contribution in [3.63, 3.8) is 0 Å². The Balaban J connectivity index is 1.65. The Morgan fingerprint density at radius 2 is 2.29 bits per heavy atom. The summed E-state index contributed by atoms with van der Waals surface area (Å²) < 4.78 is 2.02. The van der Waals surface area contributed by atoms with E-state index in [0.717, 1.165) is 30.0 Å². The maximum atomic E-state index is 4.51. The molecule has 3 aromatic rings. The number of hydrogen-bond acceptors (Lipinski definition) is 3. The van der Waals surface area contributed by atoms with Gasteiger partial charge in [0.25, 0.3) is 0 Å². The monoisotopic (exact) mass is 227 g/mol. The van der Waals surface area contributed by atoms with Gasteiger partial charge in [-0.15, -0.1) is 0 Å². The molecule has 3 rings (SSSR count). The number of nitrogens with one attached hydrogen (secondary N) is 2. The van der Waals surface area contributed by atoms with Crippen LogP contribution in [0.15, 0.2) is 43.0 Å². The predicted octanol–water partition coefficient (Wildman–Crippen LogP) is 1.35. The van der Waals surface area contributed by atoms with E-state index in [0.29, 0.717) is 0 Å². The fraction of sp³-hybridized carbons (Fsp3) is 0.167. The van der Waals surface area contributed by atoms with Gasteiger partial charge in [-0.3, -0.25) is 5.10 Å². The summed E-state index contributed by atoms with van der Waals surface area (Å²) in [4.78, 5) is 4.51. The van der Waals surface area contributed by atoms with E-state index in [-0.39, 0.29) is 0 Å². The van der Waals surface area contributed by atoms with Gasteiger partial charge in [0.05, 0.1) is 11.9 Å². The van der Waals surface area contributed by atoms with Crippen LogP contribution in [0.5, 0.6) is 0 Å². The van der Waals surface area contributed by atoms with E-state index in [1.165, 1.54) is 0 Å². The topological polar surface area (TPSA) is 58.0 Å². The van der Waals surface area contributed by atoms with Crippen molar-refractivity contribution in [2.24, 2.45) is 0 Å². The van der Waals surface area contributed by atoms with Crippen molar-refractivity contribution in [1.82, 2.24) is 24.9 Å². The summed E-state index contributed by atoms with van der Waals surface area (Å²) in [5.41, 5.74) is 3.17. The second kappa shape index (κ2) is 4.39.